The predicted molar refractivity (Wildman–Crippen MR) is 55.9 cm³/mol. The molecule has 2 rings (SSSR count). The van der Waals surface area contributed by atoms with Gasteiger partial charge >= 0.3 is 6.18 Å². The van der Waals surface area contributed by atoms with Gasteiger partial charge in [0.05, 0.1) is 5.56 Å². The lowest BCUT2D eigenvalue weighted by molar-refractivity contribution is -0.137. The molecular weight excluding hydrogens is 215 g/mol. The van der Waals surface area contributed by atoms with Crippen LogP contribution < -0.4 is 5.73 Å². The van der Waals surface area contributed by atoms with Crippen LogP contribution in [0.4, 0.5) is 13.2 Å². The molecule has 0 aliphatic heterocycles. The molecule has 3 unspecified atom stereocenters. The molecule has 1 aliphatic carbocycles. The monoisotopic (exact) mass is 229 g/mol. The number of benzene rings is 1. The number of hydrogen-bond acceptors (Lipinski definition) is 1. The third-order valence-corrected chi connectivity index (χ3v) is 3.50. The fourth-order valence-corrected chi connectivity index (χ4v) is 2.18. The molecule has 16 heavy (non-hydrogen) atoms. The molecule has 1 saturated carbocycles. The molecule has 1 aromatic carbocycles. The van der Waals surface area contributed by atoms with Gasteiger partial charge in [-0.3, -0.25) is 0 Å². The summed E-state index contributed by atoms with van der Waals surface area (Å²) >= 11 is 0. The maximum Gasteiger partial charge on any atom is 0.416 e. The molecular formula is C12H14F3N. The minimum atomic E-state index is -4.25. The van der Waals surface area contributed by atoms with Crippen LogP contribution in [-0.4, -0.2) is 6.04 Å². The Labute approximate surface area is 92.5 Å². The summed E-state index contributed by atoms with van der Waals surface area (Å²) < 4.78 is 37.0. The molecule has 0 spiro atoms. The fraction of sp³-hybridized carbons (Fsp3) is 0.500. The molecule has 1 aliphatic rings. The molecule has 2 N–H and O–H groups in total. The topological polar surface area (TPSA) is 26.0 Å². The number of halogens is 3. The number of hydrogen-bond donors (Lipinski definition) is 1. The Hall–Kier alpha value is -1.03. The van der Waals surface area contributed by atoms with Crippen molar-refractivity contribution >= 4 is 0 Å². The predicted octanol–water partition coefficient (Wildman–Crippen LogP) is 3.16. The Morgan fingerprint density at radius 2 is 1.75 bits per heavy atom. The van der Waals surface area contributed by atoms with E-state index in [1.807, 2.05) is 6.92 Å². The van der Waals surface area contributed by atoms with Gasteiger partial charge in [0.2, 0.25) is 0 Å². The van der Waals surface area contributed by atoms with E-state index in [2.05, 4.69) is 0 Å². The lowest BCUT2D eigenvalue weighted by Crippen LogP contribution is -2.44. The molecule has 3 atom stereocenters. The summed E-state index contributed by atoms with van der Waals surface area (Å²) in [7, 11) is 0. The largest absolute Gasteiger partial charge is 0.416 e. The second kappa shape index (κ2) is 3.77. The molecule has 0 amide bonds. The molecule has 1 fully saturated rings. The van der Waals surface area contributed by atoms with Crippen LogP contribution in [0.25, 0.3) is 0 Å². The van der Waals surface area contributed by atoms with Crippen molar-refractivity contribution < 1.29 is 13.2 Å². The van der Waals surface area contributed by atoms with E-state index in [0.717, 1.165) is 24.1 Å². The van der Waals surface area contributed by atoms with Crippen molar-refractivity contribution in [1.29, 1.82) is 0 Å². The van der Waals surface area contributed by atoms with E-state index in [-0.39, 0.29) is 6.04 Å². The van der Waals surface area contributed by atoms with Crippen LogP contribution in [0, 0.1) is 5.92 Å². The quantitative estimate of drug-likeness (QED) is 0.786. The lowest BCUT2D eigenvalue weighted by Gasteiger charge is -2.41. The van der Waals surface area contributed by atoms with Crippen molar-refractivity contribution in [3.63, 3.8) is 0 Å². The molecule has 88 valence electrons. The molecule has 0 saturated heterocycles. The van der Waals surface area contributed by atoms with Crippen LogP contribution in [0.2, 0.25) is 0 Å². The number of rotatable bonds is 1. The highest BCUT2D eigenvalue weighted by Crippen LogP contribution is 2.41. The number of alkyl halides is 3. The first kappa shape index (κ1) is 11.5. The van der Waals surface area contributed by atoms with E-state index in [1.165, 1.54) is 0 Å². The number of nitrogens with two attached hydrogens (primary N) is 1. The first-order valence-corrected chi connectivity index (χ1v) is 5.32. The molecule has 1 nitrogen and oxygen atoms in total. The van der Waals surface area contributed by atoms with Crippen molar-refractivity contribution in [2.75, 3.05) is 0 Å². The van der Waals surface area contributed by atoms with E-state index in [4.69, 9.17) is 5.73 Å². The smallest absolute Gasteiger partial charge is 0.327 e. The SMILES string of the molecule is CC1C(N)CC1c1ccc(C(F)(F)F)cc1. The van der Waals surface area contributed by atoms with Gasteiger partial charge in [-0.2, -0.15) is 13.2 Å². The summed E-state index contributed by atoms with van der Waals surface area (Å²) in [5.41, 5.74) is 6.14. The maximum absolute atomic E-state index is 12.3. The van der Waals surface area contributed by atoms with Crippen molar-refractivity contribution in [3.8, 4) is 0 Å². The van der Waals surface area contributed by atoms with Crippen molar-refractivity contribution in [1.82, 2.24) is 0 Å². The summed E-state index contributed by atoms with van der Waals surface area (Å²) in [5.74, 6) is 0.675. The Kier molecular flexibility index (Phi) is 2.70. The highest BCUT2D eigenvalue weighted by atomic mass is 19.4. The highest BCUT2D eigenvalue weighted by molar-refractivity contribution is 5.29. The normalized spacial score (nSPS) is 29.9. The van der Waals surface area contributed by atoms with Crippen LogP contribution in [-0.2, 0) is 6.18 Å². The van der Waals surface area contributed by atoms with E-state index >= 15 is 0 Å². The molecule has 1 aromatic rings. The summed E-state index contributed by atoms with van der Waals surface area (Å²) in [6.45, 7) is 2.04. The minimum Gasteiger partial charge on any atom is -0.327 e. The van der Waals surface area contributed by atoms with Crippen molar-refractivity contribution in [2.45, 2.75) is 31.5 Å². The Morgan fingerprint density at radius 1 is 1.19 bits per heavy atom. The molecule has 0 heterocycles. The summed E-state index contributed by atoms with van der Waals surface area (Å²) in [6, 6.07) is 5.61. The fourth-order valence-electron chi connectivity index (χ4n) is 2.18. The summed E-state index contributed by atoms with van der Waals surface area (Å²) in [6.07, 6.45) is -3.38. The van der Waals surface area contributed by atoms with Crippen LogP contribution in [0.3, 0.4) is 0 Å². The third-order valence-electron chi connectivity index (χ3n) is 3.50. The molecule has 4 heteroatoms. The maximum atomic E-state index is 12.3. The van der Waals surface area contributed by atoms with Gasteiger partial charge in [0.25, 0.3) is 0 Å². The third kappa shape index (κ3) is 1.94. The summed E-state index contributed by atoms with van der Waals surface area (Å²) in [5, 5.41) is 0. The van der Waals surface area contributed by atoms with Crippen LogP contribution in [0.5, 0.6) is 0 Å². The van der Waals surface area contributed by atoms with Gasteiger partial charge in [-0.1, -0.05) is 19.1 Å². The first-order valence-electron chi connectivity index (χ1n) is 5.32. The van der Waals surface area contributed by atoms with Gasteiger partial charge in [-0.25, -0.2) is 0 Å². The van der Waals surface area contributed by atoms with Gasteiger partial charge in [-0.05, 0) is 36.0 Å². The van der Waals surface area contributed by atoms with E-state index in [0.29, 0.717) is 11.8 Å². The van der Waals surface area contributed by atoms with Gasteiger partial charge in [0, 0.05) is 6.04 Å². The first-order chi connectivity index (χ1) is 7.39. The van der Waals surface area contributed by atoms with Gasteiger partial charge in [-0.15, -0.1) is 0 Å². The molecule has 0 aromatic heterocycles. The minimum absolute atomic E-state index is 0.187. The van der Waals surface area contributed by atoms with Crippen molar-refractivity contribution in [3.05, 3.63) is 35.4 Å². The highest BCUT2D eigenvalue weighted by Gasteiger charge is 2.36. The Morgan fingerprint density at radius 3 is 2.12 bits per heavy atom. The van der Waals surface area contributed by atoms with E-state index in [9.17, 15) is 13.2 Å². The van der Waals surface area contributed by atoms with Crippen LogP contribution >= 0.6 is 0 Å². The average Bonchev–Trinajstić information content (AvgIpc) is 2.24. The van der Waals surface area contributed by atoms with Gasteiger partial charge < -0.3 is 5.73 Å². The second-order valence-corrected chi connectivity index (χ2v) is 4.48. The average molecular weight is 229 g/mol. The zero-order chi connectivity index (χ0) is 11.9. The van der Waals surface area contributed by atoms with Gasteiger partial charge in [0.1, 0.15) is 0 Å². The Bertz CT molecular complexity index is 369. The van der Waals surface area contributed by atoms with Crippen molar-refractivity contribution in [2.24, 2.45) is 11.7 Å². The summed E-state index contributed by atoms with van der Waals surface area (Å²) in [4.78, 5) is 0. The zero-order valence-electron chi connectivity index (χ0n) is 8.96. The Balaban J connectivity index is 2.15. The van der Waals surface area contributed by atoms with Crippen LogP contribution in [0.1, 0.15) is 30.4 Å². The van der Waals surface area contributed by atoms with E-state index < -0.39 is 11.7 Å². The van der Waals surface area contributed by atoms with Gasteiger partial charge in [0.15, 0.2) is 0 Å². The molecule has 0 bridgehead atoms. The second-order valence-electron chi connectivity index (χ2n) is 4.48. The standard InChI is InChI=1S/C12H14F3N/c1-7-10(6-11(7)16)8-2-4-9(5-3-8)12(13,14)15/h2-5,7,10-11H,6,16H2,1H3. The lowest BCUT2D eigenvalue weighted by atomic mass is 9.67. The zero-order valence-corrected chi connectivity index (χ0v) is 8.96. The van der Waals surface area contributed by atoms with E-state index in [1.54, 1.807) is 12.1 Å². The van der Waals surface area contributed by atoms with Crippen LogP contribution in [0.15, 0.2) is 24.3 Å². The molecule has 0 radical (unpaired) electrons.